The van der Waals surface area contributed by atoms with Crippen LogP contribution in [0.1, 0.15) is 20.7 Å². The molecular weight excluding hydrogens is 384 g/mol. The first-order valence-electron chi connectivity index (χ1n) is 6.60. The standard InChI is InChI=1S/C16H14BrClN2O3/c1-20(2)16(23)11-8-10(4-5-13(11)18)19-15(22)12-7-9(17)3-6-14(12)21/h3-8,21H,1-2H3,(H,19,22). The van der Waals surface area contributed by atoms with Crippen molar-refractivity contribution < 1.29 is 14.7 Å². The van der Waals surface area contributed by atoms with Crippen LogP contribution in [0.4, 0.5) is 5.69 Å². The van der Waals surface area contributed by atoms with Gasteiger partial charge in [-0.05, 0) is 36.4 Å². The molecular formula is C16H14BrClN2O3. The van der Waals surface area contributed by atoms with Crippen molar-refractivity contribution in [3.8, 4) is 5.75 Å². The lowest BCUT2D eigenvalue weighted by atomic mass is 10.1. The molecule has 7 heteroatoms. The number of phenolic OH excluding ortho intramolecular Hbond substituents is 1. The Morgan fingerprint density at radius 1 is 1.13 bits per heavy atom. The summed E-state index contributed by atoms with van der Waals surface area (Å²) in [6.07, 6.45) is 0. The highest BCUT2D eigenvalue weighted by molar-refractivity contribution is 9.10. The molecule has 0 aliphatic carbocycles. The number of halogens is 2. The van der Waals surface area contributed by atoms with E-state index in [0.29, 0.717) is 15.2 Å². The number of rotatable bonds is 3. The van der Waals surface area contributed by atoms with E-state index >= 15 is 0 Å². The molecule has 0 atom stereocenters. The molecule has 0 unspecified atom stereocenters. The van der Waals surface area contributed by atoms with Crippen LogP contribution in [-0.2, 0) is 0 Å². The summed E-state index contributed by atoms with van der Waals surface area (Å²) in [6, 6.07) is 9.17. The molecule has 0 bridgehead atoms. The number of carbonyl (C=O) groups excluding carboxylic acids is 2. The van der Waals surface area contributed by atoms with Crippen molar-refractivity contribution in [3.63, 3.8) is 0 Å². The van der Waals surface area contributed by atoms with Crippen molar-refractivity contribution >= 4 is 45.0 Å². The molecule has 0 saturated heterocycles. The molecule has 2 amide bonds. The molecule has 0 aromatic heterocycles. The van der Waals surface area contributed by atoms with Crippen LogP contribution in [0.25, 0.3) is 0 Å². The largest absolute Gasteiger partial charge is 0.507 e. The molecule has 2 N–H and O–H groups in total. The summed E-state index contributed by atoms with van der Waals surface area (Å²) in [6.45, 7) is 0. The minimum absolute atomic E-state index is 0.120. The monoisotopic (exact) mass is 396 g/mol. The summed E-state index contributed by atoms with van der Waals surface area (Å²) >= 11 is 9.28. The van der Waals surface area contributed by atoms with Crippen LogP contribution in [0, 0.1) is 0 Å². The highest BCUT2D eigenvalue weighted by atomic mass is 79.9. The molecule has 2 rings (SSSR count). The van der Waals surface area contributed by atoms with Crippen LogP contribution in [0.2, 0.25) is 5.02 Å². The van der Waals surface area contributed by atoms with E-state index in [1.807, 2.05) is 0 Å². The Hall–Kier alpha value is -2.05. The van der Waals surface area contributed by atoms with Gasteiger partial charge in [-0.1, -0.05) is 27.5 Å². The zero-order valence-corrected chi connectivity index (χ0v) is 14.8. The predicted molar refractivity (Wildman–Crippen MR) is 93.2 cm³/mol. The average molecular weight is 398 g/mol. The molecule has 23 heavy (non-hydrogen) atoms. The molecule has 0 spiro atoms. The normalized spacial score (nSPS) is 10.3. The number of hydrogen-bond acceptors (Lipinski definition) is 3. The quantitative estimate of drug-likeness (QED) is 0.828. The summed E-state index contributed by atoms with van der Waals surface area (Å²) < 4.78 is 0.667. The summed E-state index contributed by atoms with van der Waals surface area (Å²) in [5.74, 6) is -0.893. The maximum absolute atomic E-state index is 12.3. The van der Waals surface area contributed by atoms with Crippen molar-refractivity contribution in [3.05, 3.63) is 57.0 Å². The van der Waals surface area contributed by atoms with E-state index in [1.165, 1.54) is 29.2 Å². The topological polar surface area (TPSA) is 69.6 Å². The van der Waals surface area contributed by atoms with Gasteiger partial charge in [0.2, 0.25) is 0 Å². The van der Waals surface area contributed by atoms with Crippen molar-refractivity contribution in [2.75, 3.05) is 19.4 Å². The molecule has 0 aliphatic rings. The number of nitrogens with zero attached hydrogens (tertiary/aromatic N) is 1. The van der Waals surface area contributed by atoms with Gasteiger partial charge in [0.05, 0.1) is 16.1 Å². The van der Waals surface area contributed by atoms with Crippen LogP contribution >= 0.6 is 27.5 Å². The third-order valence-electron chi connectivity index (χ3n) is 3.06. The van der Waals surface area contributed by atoms with Gasteiger partial charge in [-0.15, -0.1) is 0 Å². The summed E-state index contributed by atoms with van der Waals surface area (Å²) in [4.78, 5) is 25.7. The molecule has 0 aliphatic heterocycles. The molecule has 0 fully saturated rings. The summed E-state index contributed by atoms with van der Waals surface area (Å²) in [7, 11) is 3.23. The Morgan fingerprint density at radius 3 is 2.48 bits per heavy atom. The second-order valence-corrected chi connectivity index (χ2v) is 6.33. The third kappa shape index (κ3) is 4.03. The lowest BCUT2D eigenvalue weighted by Gasteiger charge is -2.13. The smallest absolute Gasteiger partial charge is 0.259 e. The second-order valence-electron chi connectivity index (χ2n) is 5.01. The van der Waals surface area contributed by atoms with Gasteiger partial charge in [0.25, 0.3) is 11.8 Å². The van der Waals surface area contributed by atoms with Gasteiger partial charge >= 0.3 is 0 Å². The number of phenols is 1. The summed E-state index contributed by atoms with van der Waals surface area (Å²) in [5, 5.41) is 12.7. The Labute approximate surface area is 147 Å². The van der Waals surface area contributed by atoms with E-state index in [9.17, 15) is 14.7 Å². The molecule has 2 aromatic rings. The number of amides is 2. The molecule has 0 saturated carbocycles. The number of hydrogen-bond donors (Lipinski definition) is 2. The fourth-order valence-electron chi connectivity index (χ4n) is 1.90. The van der Waals surface area contributed by atoms with Crippen molar-refractivity contribution in [1.29, 1.82) is 0 Å². The van der Waals surface area contributed by atoms with E-state index in [-0.39, 0.29) is 22.8 Å². The van der Waals surface area contributed by atoms with Crippen LogP contribution in [0.15, 0.2) is 40.9 Å². The SMILES string of the molecule is CN(C)C(=O)c1cc(NC(=O)c2cc(Br)ccc2O)ccc1Cl. The van der Waals surface area contributed by atoms with Gasteiger partial charge in [0.15, 0.2) is 0 Å². The second kappa shape index (κ2) is 7.02. The van der Waals surface area contributed by atoms with E-state index in [4.69, 9.17) is 11.6 Å². The highest BCUT2D eigenvalue weighted by Gasteiger charge is 2.16. The Balaban J connectivity index is 2.30. The zero-order chi connectivity index (χ0) is 17.1. The highest BCUT2D eigenvalue weighted by Crippen LogP contribution is 2.25. The summed E-state index contributed by atoms with van der Waals surface area (Å²) in [5.41, 5.74) is 0.812. The molecule has 2 aromatic carbocycles. The number of carbonyl (C=O) groups is 2. The Kier molecular flexibility index (Phi) is 5.28. The van der Waals surface area contributed by atoms with Crippen LogP contribution < -0.4 is 5.32 Å². The van der Waals surface area contributed by atoms with Crippen molar-refractivity contribution in [2.45, 2.75) is 0 Å². The zero-order valence-electron chi connectivity index (χ0n) is 12.4. The van der Waals surface area contributed by atoms with Gasteiger partial charge < -0.3 is 15.3 Å². The van der Waals surface area contributed by atoms with Gasteiger partial charge in [-0.2, -0.15) is 0 Å². The predicted octanol–water partition coefficient (Wildman–Crippen LogP) is 3.76. The Bertz CT molecular complexity index is 778. The maximum atomic E-state index is 12.3. The lowest BCUT2D eigenvalue weighted by molar-refractivity contribution is 0.0827. The van der Waals surface area contributed by atoms with Gasteiger partial charge in [0, 0.05) is 24.3 Å². The third-order valence-corrected chi connectivity index (χ3v) is 3.89. The number of anilines is 1. The molecule has 120 valence electrons. The van der Waals surface area contributed by atoms with Crippen molar-refractivity contribution in [1.82, 2.24) is 4.90 Å². The number of nitrogens with one attached hydrogen (secondary N) is 1. The van der Waals surface area contributed by atoms with Gasteiger partial charge in [-0.25, -0.2) is 0 Å². The van der Waals surface area contributed by atoms with E-state index in [0.717, 1.165) is 0 Å². The molecule has 5 nitrogen and oxygen atoms in total. The van der Waals surface area contributed by atoms with Crippen molar-refractivity contribution in [2.24, 2.45) is 0 Å². The van der Waals surface area contributed by atoms with Gasteiger partial charge in [0.1, 0.15) is 5.75 Å². The average Bonchev–Trinajstić information content (AvgIpc) is 2.50. The maximum Gasteiger partial charge on any atom is 0.259 e. The van der Waals surface area contributed by atoms with E-state index in [2.05, 4.69) is 21.2 Å². The fraction of sp³-hybridized carbons (Fsp3) is 0.125. The fourth-order valence-corrected chi connectivity index (χ4v) is 2.46. The lowest BCUT2D eigenvalue weighted by Crippen LogP contribution is -2.22. The first kappa shape index (κ1) is 17.3. The minimum Gasteiger partial charge on any atom is -0.507 e. The molecule has 0 heterocycles. The Morgan fingerprint density at radius 2 is 1.83 bits per heavy atom. The van der Waals surface area contributed by atoms with E-state index in [1.54, 1.807) is 26.2 Å². The van der Waals surface area contributed by atoms with Crippen LogP contribution in [0.5, 0.6) is 5.75 Å². The van der Waals surface area contributed by atoms with E-state index < -0.39 is 5.91 Å². The number of aromatic hydroxyl groups is 1. The minimum atomic E-state index is -0.491. The van der Waals surface area contributed by atoms with Crippen LogP contribution in [-0.4, -0.2) is 35.9 Å². The van der Waals surface area contributed by atoms with Crippen LogP contribution in [0.3, 0.4) is 0 Å². The number of benzene rings is 2. The first-order valence-corrected chi connectivity index (χ1v) is 7.77. The first-order chi connectivity index (χ1) is 10.8. The molecule has 0 radical (unpaired) electrons. The van der Waals surface area contributed by atoms with Gasteiger partial charge in [-0.3, -0.25) is 9.59 Å².